The highest BCUT2D eigenvalue weighted by Crippen LogP contribution is 2.28. The number of amides is 1. The first-order chi connectivity index (χ1) is 11.3. The van der Waals surface area contributed by atoms with Gasteiger partial charge in [0, 0.05) is 34.9 Å². The minimum Gasteiger partial charge on any atom is -0.326 e. The summed E-state index contributed by atoms with van der Waals surface area (Å²) in [4.78, 5) is 21.7. The van der Waals surface area contributed by atoms with Crippen LogP contribution in [0, 0.1) is 0 Å². The Kier molecular flexibility index (Phi) is 3.63. The average molecular weight is 321 g/mol. The number of hydrogen-bond donors (Lipinski definition) is 1. The van der Waals surface area contributed by atoms with E-state index in [2.05, 4.69) is 32.8 Å². The lowest BCUT2D eigenvalue weighted by molar-refractivity contribution is -0.115. The maximum absolute atomic E-state index is 11.4. The number of nitrogens with one attached hydrogen (secondary N) is 1. The Morgan fingerprint density at radius 1 is 1.09 bits per heavy atom. The number of benzene rings is 1. The monoisotopic (exact) mass is 321 g/mol. The molecule has 0 bridgehead atoms. The minimum atomic E-state index is 0.0531. The molecule has 3 aromatic rings. The molecular formula is C18H15N3OS. The van der Waals surface area contributed by atoms with Crippen molar-refractivity contribution in [2.75, 3.05) is 5.32 Å². The van der Waals surface area contributed by atoms with Crippen molar-refractivity contribution in [3.05, 3.63) is 64.4 Å². The second kappa shape index (κ2) is 5.93. The first kappa shape index (κ1) is 14.1. The summed E-state index contributed by atoms with van der Waals surface area (Å²) in [6.45, 7) is 0. The molecule has 114 valence electrons. The van der Waals surface area contributed by atoms with Crippen molar-refractivity contribution in [2.45, 2.75) is 19.3 Å². The molecule has 2 aromatic heterocycles. The van der Waals surface area contributed by atoms with E-state index in [4.69, 9.17) is 0 Å². The molecule has 4 nitrogen and oxygen atoms in total. The molecule has 0 spiro atoms. The number of hydrogen-bond acceptors (Lipinski definition) is 4. The highest BCUT2D eigenvalue weighted by Gasteiger charge is 2.17. The maximum atomic E-state index is 11.4. The van der Waals surface area contributed by atoms with Crippen LogP contribution < -0.4 is 5.32 Å². The van der Waals surface area contributed by atoms with Gasteiger partial charge in [0.25, 0.3) is 0 Å². The van der Waals surface area contributed by atoms with Gasteiger partial charge in [0.15, 0.2) is 0 Å². The molecule has 0 saturated heterocycles. The van der Waals surface area contributed by atoms with Gasteiger partial charge in [-0.3, -0.25) is 4.79 Å². The molecule has 5 heteroatoms. The second-order valence-electron chi connectivity index (χ2n) is 5.56. The lowest BCUT2D eigenvalue weighted by atomic mass is 10.0. The molecule has 0 saturated carbocycles. The number of rotatable bonds is 4. The molecule has 0 atom stereocenters. The van der Waals surface area contributed by atoms with Crippen molar-refractivity contribution >= 4 is 22.9 Å². The van der Waals surface area contributed by atoms with E-state index in [-0.39, 0.29) is 5.91 Å². The molecule has 0 fully saturated rings. The quantitative estimate of drug-likeness (QED) is 0.800. The fourth-order valence-electron chi connectivity index (χ4n) is 2.73. The Morgan fingerprint density at radius 3 is 2.74 bits per heavy atom. The maximum Gasteiger partial charge on any atom is 0.228 e. The summed E-state index contributed by atoms with van der Waals surface area (Å²) in [7, 11) is 0. The van der Waals surface area contributed by atoms with Gasteiger partial charge >= 0.3 is 0 Å². The van der Waals surface area contributed by atoms with E-state index < -0.39 is 0 Å². The van der Waals surface area contributed by atoms with Gasteiger partial charge in [-0.2, -0.15) is 0 Å². The summed E-state index contributed by atoms with van der Waals surface area (Å²) in [6.07, 6.45) is 6.00. The molecule has 1 amide bonds. The van der Waals surface area contributed by atoms with Crippen molar-refractivity contribution < 1.29 is 4.79 Å². The number of aryl methyl sites for hydroxylation is 2. The minimum absolute atomic E-state index is 0.0531. The topological polar surface area (TPSA) is 54.9 Å². The third kappa shape index (κ3) is 3.00. The van der Waals surface area contributed by atoms with E-state index in [1.807, 2.05) is 30.6 Å². The van der Waals surface area contributed by atoms with Gasteiger partial charge in [0.2, 0.25) is 5.91 Å². The number of thiophene rings is 1. The van der Waals surface area contributed by atoms with Gasteiger partial charge in [0.1, 0.15) is 5.82 Å². The van der Waals surface area contributed by atoms with E-state index in [1.165, 1.54) is 4.88 Å². The van der Waals surface area contributed by atoms with Crippen LogP contribution >= 0.6 is 11.3 Å². The standard InChI is InChI=1S/C18H15N3OS/c22-18-9-13-8-12(3-5-16(13)21-18)14-10-19-17(20-11-14)6-4-15-2-1-7-23-15/h1-3,5,7-8,10-11H,4,6,9H2,(H,21,22). The molecule has 3 heterocycles. The third-order valence-corrected chi connectivity index (χ3v) is 4.88. The Balaban J connectivity index is 1.50. The molecule has 1 aliphatic rings. The number of carbonyl (C=O) groups excluding carboxylic acids is 1. The normalized spacial score (nSPS) is 13.0. The Labute approximate surface area is 138 Å². The Morgan fingerprint density at radius 2 is 1.96 bits per heavy atom. The summed E-state index contributed by atoms with van der Waals surface area (Å²) in [6, 6.07) is 10.2. The predicted octanol–water partition coefficient (Wildman–Crippen LogP) is 3.48. The van der Waals surface area contributed by atoms with Crippen LogP contribution in [0.4, 0.5) is 5.69 Å². The molecule has 23 heavy (non-hydrogen) atoms. The highest BCUT2D eigenvalue weighted by molar-refractivity contribution is 7.09. The van der Waals surface area contributed by atoms with Crippen LogP contribution in [0.3, 0.4) is 0 Å². The molecule has 4 rings (SSSR count). The van der Waals surface area contributed by atoms with Crippen molar-refractivity contribution in [1.29, 1.82) is 0 Å². The molecule has 0 radical (unpaired) electrons. The van der Waals surface area contributed by atoms with Crippen molar-refractivity contribution in [2.24, 2.45) is 0 Å². The van der Waals surface area contributed by atoms with E-state index >= 15 is 0 Å². The summed E-state index contributed by atoms with van der Waals surface area (Å²) in [5.74, 6) is 0.914. The van der Waals surface area contributed by atoms with Crippen LogP contribution in [-0.4, -0.2) is 15.9 Å². The largest absolute Gasteiger partial charge is 0.326 e. The van der Waals surface area contributed by atoms with E-state index in [9.17, 15) is 4.79 Å². The van der Waals surface area contributed by atoms with Crippen LogP contribution in [0.1, 0.15) is 16.3 Å². The lowest BCUT2D eigenvalue weighted by Gasteiger charge is -2.05. The fourth-order valence-corrected chi connectivity index (χ4v) is 3.44. The zero-order valence-electron chi connectivity index (χ0n) is 12.5. The molecular weight excluding hydrogens is 306 g/mol. The van der Waals surface area contributed by atoms with Gasteiger partial charge in [0.05, 0.1) is 6.42 Å². The number of fused-ring (bicyclic) bond motifs is 1. The molecule has 0 aliphatic carbocycles. The highest BCUT2D eigenvalue weighted by atomic mass is 32.1. The number of carbonyl (C=O) groups is 1. The molecule has 1 aromatic carbocycles. The Bertz CT molecular complexity index is 841. The summed E-state index contributed by atoms with van der Waals surface area (Å²) in [5, 5.41) is 4.94. The van der Waals surface area contributed by atoms with Crippen LogP contribution in [0.5, 0.6) is 0 Å². The third-order valence-electron chi connectivity index (χ3n) is 3.94. The van der Waals surface area contributed by atoms with E-state index in [1.54, 1.807) is 11.3 Å². The van der Waals surface area contributed by atoms with Crippen LogP contribution in [-0.2, 0) is 24.1 Å². The van der Waals surface area contributed by atoms with Crippen molar-refractivity contribution in [1.82, 2.24) is 9.97 Å². The van der Waals surface area contributed by atoms with E-state index in [0.717, 1.165) is 41.0 Å². The van der Waals surface area contributed by atoms with Crippen molar-refractivity contribution in [3.8, 4) is 11.1 Å². The fraction of sp³-hybridized carbons (Fsp3) is 0.167. The van der Waals surface area contributed by atoms with Gasteiger partial charge in [-0.05, 0) is 41.1 Å². The molecule has 0 unspecified atom stereocenters. The predicted molar refractivity (Wildman–Crippen MR) is 91.5 cm³/mol. The van der Waals surface area contributed by atoms with Crippen molar-refractivity contribution in [3.63, 3.8) is 0 Å². The van der Waals surface area contributed by atoms with Gasteiger partial charge in [-0.25, -0.2) is 9.97 Å². The molecule has 1 aliphatic heterocycles. The van der Waals surface area contributed by atoms with Crippen LogP contribution in [0.15, 0.2) is 48.1 Å². The molecule has 1 N–H and O–H groups in total. The zero-order valence-corrected chi connectivity index (χ0v) is 13.3. The number of nitrogens with zero attached hydrogens (tertiary/aromatic N) is 2. The van der Waals surface area contributed by atoms with Crippen LogP contribution in [0.2, 0.25) is 0 Å². The van der Waals surface area contributed by atoms with E-state index in [0.29, 0.717) is 6.42 Å². The average Bonchev–Trinajstić information content (AvgIpc) is 3.21. The van der Waals surface area contributed by atoms with Gasteiger partial charge < -0.3 is 5.32 Å². The number of anilines is 1. The first-order valence-corrected chi connectivity index (χ1v) is 8.42. The van der Waals surface area contributed by atoms with Gasteiger partial charge in [-0.15, -0.1) is 11.3 Å². The second-order valence-corrected chi connectivity index (χ2v) is 6.60. The van der Waals surface area contributed by atoms with Crippen LogP contribution in [0.25, 0.3) is 11.1 Å². The zero-order chi connectivity index (χ0) is 15.6. The Hall–Kier alpha value is -2.53. The summed E-state index contributed by atoms with van der Waals surface area (Å²) in [5.41, 5.74) is 3.97. The first-order valence-electron chi connectivity index (χ1n) is 7.54. The lowest BCUT2D eigenvalue weighted by Crippen LogP contribution is -2.03. The number of aromatic nitrogens is 2. The van der Waals surface area contributed by atoms with Gasteiger partial charge in [-0.1, -0.05) is 12.1 Å². The summed E-state index contributed by atoms with van der Waals surface area (Å²) < 4.78 is 0. The summed E-state index contributed by atoms with van der Waals surface area (Å²) >= 11 is 1.76. The smallest absolute Gasteiger partial charge is 0.228 e. The SMILES string of the molecule is O=C1Cc2cc(-c3cnc(CCc4cccs4)nc3)ccc2N1.